The normalized spacial score (nSPS) is 12.9. The molecule has 4 rings (SSSR count). The smallest absolute Gasteiger partial charge is 0.394 e. The van der Waals surface area contributed by atoms with Crippen molar-refractivity contribution < 1.29 is 28.0 Å². The summed E-state index contributed by atoms with van der Waals surface area (Å²) >= 11 is 0. The molecule has 4 heterocycles. The van der Waals surface area contributed by atoms with Gasteiger partial charge in [0.25, 0.3) is 5.91 Å². The maximum absolute atomic E-state index is 12.9. The summed E-state index contributed by atoms with van der Waals surface area (Å²) in [5, 5.41) is 11.2. The van der Waals surface area contributed by atoms with E-state index in [1.54, 1.807) is 35.3 Å². The van der Waals surface area contributed by atoms with Crippen LogP contribution in [-0.4, -0.2) is 55.4 Å². The number of carbonyl (C=O) groups is 1. The summed E-state index contributed by atoms with van der Waals surface area (Å²) in [6.45, 7) is 4.55. The van der Waals surface area contributed by atoms with Crippen LogP contribution in [0, 0.1) is 0 Å². The Kier molecular flexibility index (Phi) is 6.92. The Hall–Kier alpha value is -3.73. The first-order valence-electron chi connectivity index (χ1n) is 10.4. The van der Waals surface area contributed by atoms with E-state index >= 15 is 0 Å². The number of nitrogens with zero attached hydrogens (tertiary/aromatic N) is 5. The van der Waals surface area contributed by atoms with Gasteiger partial charge in [0.15, 0.2) is 5.76 Å². The van der Waals surface area contributed by atoms with E-state index < -0.39 is 13.5 Å². The van der Waals surface area contributed by atoms with Crippen LogP contribution in [0.5, 0.6) is 0 Å². The number of rotatable bonds is 10. The predicted octanol–water partition coefficient (Wildman–Crippen LogP) is 2.93. The summed E-state index contributed by atoms with van der Waals surface area (Å²) in [5.41, 5.74) is 2.06. The van der Waals surface area contributed by atoms with Crippen molar-refractivity contribution in [3.8, 4) is 22.7 Å². The van der Waals surface area contributed by atoms with Crippen molar-refractivity contribution in [2.75, 3.05) is 25.2 Å². The Morgan fingerprint density at radius 3 is 2.85 bits per heavy atom. The second-order valence-corrected chi connectivity index (χ2v) is 8.97. The van der Waals surface area contributed by atoms with Crippen LogP contribution in [0.15, 0.2) is 59.5 Å². The molecule has 0 aromatic carbocycles. The second kappa shape index (κ2) is 10.0. The number of anilines is 1. The lowest BCUT2D eigenvalue weighted by molar-refractivity contribution is 0.0997. The molecule has 0 aliphatic rings. The third-order valence-electron chi connectivity index (χ3n) is 4.50. The fourth-order valence-electron chi connectivity index (χ4n) is 3.05. The molecule has 1 atom stereocenters. The molecule has 0 saturated carbocycles. The molecule has 0 saturated heterocycles. The van der Waals surface area contributed by atoms with Crippen molar-refractivity contribution >= 4 is 19.2 Å². The SMILES string of the molecule is CCOCCn1cc(NC(=O)c2ccc(-c3cnn(OP(C)(=O)O)c3)o2)c(-c2ccccn2)n1. The zero-order chi connectivity index (χ0) is 24.1. The monoisotopic (exact) mass is 486 g/mol. The van der Waals surface area contributed by atoms with Gasteiger partial charge in [0.2, 0.25) is 0 Å². The van der Waals surface area contributed by atoms with Crippen LogP contribution in [0.25, 0.3) is 22.7 Å². The van der Waals surface area contributed by atoms with Gasteiger partial charge >= 0.3 is 7.60 Å². The quantitative estimate of drug-likeness (QED) is 0.255. The minimum absolute atomic E-state index is 0.0565. The number of nitrogens with one attached hydrogen (secondary N) is 1. The molecule has 0 bridgehead atoms. The number of amides is 1. The van der Waals surface area contributed by atoms with Crippen LogP contribution in [0.3, 0.4) is 0 Å². The molecule has 1 unspecified atom stereocenters. The number of ether oxygens (including phenoxy) is 1. The number of hydrogen-bond acceptors (Lipinski definition) is 8. The van der Waals surface area contributed by atoms with E-state index in [0.717, 1.165) is 11.5 Å². The molecular formula is C21H23N6O6P. The summed E-state index contributed by atoms with van der Waals surface area (Å²) in [4.78, 5) is 27.4. The van der Waals surface area contributed by atoms with Crippen LogP contribution in [-0.2, 0) is 15.8 Å². The summed E-state index contributed by atoms with van der Waals surface area (Å²) in [6, 6.07) is 8.54. The topological polar surface area (TPSA) is 147 Å². The lowest BCUT2D eigenvalue weighted by Gasteiger charge is -2.05. The van der Waals surface area contributed by atoms with Crippen molar-refractivity contribution in [3.05, 3.63) is 60.9 Å². The Bertz CT molecular complexity index is 1310. The highest BCUT2D eigenvalue weighted by Gasteiger charge is 2.19. The van der Waals surface area contributed by atoms with Gasteiger partial charge in [0, 0.05) is 19.0 Å². The van der Waals surface area contributed by atoms with E-state index in [2.05, 4.69) is 20.5 Å². The Morgan fingerprint density at radius 2 is 2.12 bits per heavy atom. The maximum Gasteiger partial charge on any atom is 0.394 e. The molecule has 4 aromatic heterocycles. The molecule has 4 aromatic rings. The molecule has 178 valence electrons. The van der Waals surface area contributed by atoms with Crippen LogP contribution in [0.2, 0.25) is 0 Å². The first-order chi connectivity index (χ1) is 16.3. The van der Waals surface area contributed by atoms with E-state index in [9.17, 15) is 14.3 Å². The number of aromatic nitrogens is 5. The molecule has 0 fully saturated rings. The third-order valence-corrected chi connectivity index (χ3v) is 4.97. The Morgan fingerprint density at radius 1 is 1.26 bits per heavy atom. The van der Waals surface area contributed by atoms with E-state index in [-0.39, 0.29) is 5.76 Å². The number of carbonyl (C=O) groups excluding carboxylic acids is 1. The highest BCUT2D eigenvalue weighted by molar-refractivity contribution is 7.52. The zero-order valence-corrected chi connectivity index (χ0v) is 19.4. The summed E-state index contributed by atoms with van der Waals surface area (Å²) < 4.78 is 28.9. The van der Waals surface area contributed by atoms with E-state index in [4.69, 9.17) is 13.8 Å². The van der Waals surface area contributed by atoms with E-state index in [1.165, 1.54) is 18.5 Å². The minimum atomic E-state index is -3.77. The minimum Gasteiger partial charge on any atom is -0.451 e. The fraction of sp³-hybridized carbons (Fsp3) is 0.238. The molecule has 0 aliphatic heterocycles. The van der Waals surface area contributed by atoms with Crippen LogP contribution < -0.4 is 9.94 Å². The van der Waals surface area contributed by atoms with Gasteiger partial charge in [-0.2, -0.15) is 5.10 Å². The molecule has 34 heavy (non-hydrogen) atoms. The first kappa shape index (κ1) is 23.4. The lowest BCUT2D eigenvalue weighted by Crippen LogP contribution is -2.11. The zero-order valence-electron chi connectivity index (χ0n) is 18.5. The van der Waals surface area contributed by atoms with Crippen LogP contribution in [0.1, 0.15) is 17.5 Å². The van der Waals surface area contributed by atoms with Gasteiger partial charge in [0.05, 0.1) is 49.2 Å². The molecule has 0 aliphatic carbocycles. The summed E-state index contributed by atoms with van der Waals surface area (Å²) in [5.74, 6) is -0.0906. The van der Waals surface area contributed by atoms with Gasteiger partial charge in [-0.05, 0) is 31.2 Å². The van der Waals surface area contributed by atoms with Gasteiger partial charge in [-0.1, -0.05) is 10.9 Å². The molecule has 12 nitrogen and oxygen atoms in total. The second-order valence-electron chi connectivity index (χ2n) is 7.20. The molecule has 2 N–H and O–H groups in total. The standard InChI is InChI=1S/C21H23N6O6P/c1-3-31-11-10-26-14-17(20(25-26)16-6-4-5-9-22-16)24-21(28)19-8-7-18(32-19)15-12-23-27(13-15)33-34(2,29)30/h4-9,12-14H,3,10-11H2,1-2H3,(H,24,28)(H,29,30). The number of furan rings is 1. The van der Waals surface area contributed by atoms with Gasteiger partial charge in [-0.25, -0.2) is 4.57 Å². The third kappa shape index (κ3) is 5.79. The van der Waals surface area contributed by atoms with E-state index in [1.807, 2.05) is 13.0 Å². The highest BCUT2D eigenvalue weighted by Crippen LogP contribution is 2.32. The Balaban J connectivity index is 1.53. The van der Waals surface area contributed by atoms with Crippen molar-refractivity contribution in [1.82, 2.24) is 24.7 Å². The molecular weight excluding hydrogens is 463 g/mol. The average molecular weight is 486 g/mol. The van der Waals surface area contributed by atoms with Gasteiger partial charge in [-0.15, -0.1) is 5.10 Å². The molecule has 0 spiro atoms. The van der Waals surface area contributed by atoms with Gasteiger partial charge < -0.3 is 24.0 Å². The van der Waals surface area contributed by atoms with Gasteiger partial charge in [0.1, 0.15) is 11.5 Å². The largest absolute Gasteiger partial charge is 0.451 e. The fourth-order valence-corrected chi connectivity index (χ4v) is 3.45. The van der Waals surface area contributed by atoms with Gasteiger partial charge in [-0.3, -0.25) is 14.5 Å². The number of hydrogen-bond donors (Lipinski definition) is 2. The first-order valence-corrected chi connectivity index (χ1v) is 12.4. The van der Waals surface area contributed by atoms with Crippen molar-refractivity contribution in [2.24, 2.45) is 0 Å². The van der Waals surface area contributed by atoms with E-state index in [0.29, 0.717) is 48.2 Å². The molecule has 13 heteroatoms. The predicted molar refractivity (Wildman–Crippen MR) is 122 cm³/mol. The molecule has 1 amide bonds. The van der Waals surface area contributed by atoms with Crippen molar-refractivity contribution in [2.45, 2.75) is 13.5 Å². The lowest BCUT2D eigenvalue weighted by atomic mass is 10.2. The maximum atomic E-state index is 12.9. The highest BCUT2D eigenvalue weighted by atomic mass is 31.2. The van der Waals surface area contributed by atoms with Crippen LogP contribution in [0.4, 0.5) is 5.69 Å². The summed E-state index contributed by atoms with van der Waals surface area (Å²) in [6.07, 6.45) is 6.12. The van der Waals surface area contributed by atoms with Crippen molar-refractivity contribution in [1.29, 1.82) is 0 Å². The molecule has 0 radical (unpaired) electrons. The Labute approximate surface area is 194 Å². The van der Waals surface area contributed by atoms with Crippen molar-refractivity contribution in [3.63, 3.8) is 0 Å². The average Bonchev–Trinajstić information content (AvgIpc) is 3.53. The van der Waals surface area contributed by atoms with Crippen LogP contribution >= 0.6 is 7.60 Å². The number of pyridine rings is 1. The summed E-state index contributed by atoms with van der Waals surface area (Å²) in [7, 11) is -3.77.